The summed E-state index contributed by atoms with van der Waals surface area (Å²) in [7, 11) is 0. The third-order valence-corrected chi connectivity index (χ3v) is 7.68. The number of hydrogen-bond donors (Lipinski definition) is 3. The molecule has 4 aromatic rings. The average Bonchev–Trinajstić information content (AvgIpc) is 3.62. The molecule has 1 aliphatic heterocycles. The van der Waals surface area contributed by atoms with Gasteiger partial charge in [0.25, 0.3) is 5.91 Å². The van der Waals surface area contributed by atoms with Crippen LogP contribution in [-0.4, -0.2) is 51.9 Å². The molecule has 0 spiro atoms. The second-order valence-corrected chi connectivity index (χ2v) is 10.7. The highest BCUT2D eigenvalue weighted by Crippen LogP contribution is 2.32. The minimum Gasteiger partial charge on any atom is -0.390 e. The quantitative estimate of drug-likeness (QED) is 0.234. The smallest absolute Gasteiger partial charge is 0.390 e. The van der Waals surface area contributed by atoms with Crippen LogP contribution in [-0.2, 0) is 30.5 Å². The van der Waals surface area contributed by atoms with Gasteiger partial charge >= 0.3 is 6.18 Å². The number of carbonyl (C=O) groups is 2. The fourth-order valence-electron chi connectivity index (χ4n) is 5.43. The summed E-state index contributed by atoms with van der Waals surface area (Å²) in [5, 5.41) is 22.4. The molecule has 1 fully saturated rings. The lowest BCUT2D eigenvalue weighted by atomic mass is 10.00. The van der Waals surface area contributed by atoms with Crippen LogP contribution in [0.4, 0.5) is 18.9 Å². The standard InChI is InChI=1S/C32H34F3N5O3/c1-2-40-28-17-23(16-27(25(28)19-37-40)39-13-7-12-30(39)42)31(43)38-26(15-21-8-4-3-5-9-21)29(41)20-36-18-22-10-6-11-24(14-22)32(33,34)35/h3-6,8-11,14,16-17,19,26,29,36,41H,2,7,12-13,15,18,20H2,1H3,(H,38,43)/t26-,29-/m0/s1. The number of aryl methyl sites for hydroxylation is 1. The maximum Gasteiger partial charge on any atom is 0.416 e. The predicted octanol–water partition coefficient (Wildman–Crippen LogP) is 4.69. The van der Waals surface area contributed by atoms with Crippen LogP contribution in [0.3, 0.4) is 0 Å². The summed E-state index contributed by atoms with van der Waals surface area (Å²) < 4.78 is 41.1. The Morgan fingerprint density at radius 1 is 1.07 bits per heavy atom. The molecule has 2 atom stereocenters. The summed E-state index contributed by atoms with van der Waals surface area (Å²) >= 11 is 0. The van der Waals surface area contributed by atoms with Gasteiger partial charge in [-0.05, 0) is 49.1 Å². The van der Waals surface area contributed by atoms with Gasteiger partial charge < -0.3 is 20.6 Å². The van der Waals surface area contributed by atoms with Gasteiger partial charge in [0.05, 0.1) is 35.1 Å². The highest BCUT2D eigenvalue weighted by atomic mass is 19.4. The summed E-state index contributed by atoms with van der Waals surface area (Å²) in [4.78, 5) is 28.0. The van der Waals surface area contributed by atoms with Crippen LogP contribution >= 0.6 is 0 Å². The van der Waals surface area contributed by atoms with Crippen molar-refractivity contribution in [1.82, 2.24) is 20.4 Å². The number of halogens is 3. The van der Waals surface area contributed by atoms with Crippen LogP contribution in [0.15, 0.2) is 72.9 Å². The van der Waals surface area contributed by atoms with E-state index in [0.29, 0.717) is 42.7 Å². The van der Waals surface area contributed by atoms with Gasteiger partial charge in [-0.25, -0.2) is 0 Å². The van der Waals surface area contributed by atoms with Crippen molar-refractivity contribution in [3.05, 3.63) is 95.2 Å². The molecule has 226 valence electrons. The summed E-state index contributed by atoms with van der Waals surface area (Å²) in [6, 6.07) is 17.1. The number of carbonyl (C=O) groups excluding carboxylic acids is 2. The van der Waals surface area contributed by atoms with Gasteiger partial charge in [0.15, 0.2) is 0 Å². The largest absolute Gasteiger partial charge is 0.416 e. The Morgan fingerprint density at radius 3 is 2.53 bits per heavy atom. The second kappa shape index (κ2) is 13.0. The van der Waals surface area contributed by atoms with Crippen molar-refractivity contribution in [2.45, 2.75) is 57.6 Å². The Morgan fingerprint density at radius 2 is 1.84 bits per heavy atom. The predicted molar refractivity (Wildman–Crippen MR) is 158 cm³/mol. The van der Waals surface area contributed by atoms with Crippen molar-refractivity contribution in [3.8, 4) is 0 Å². The molecule has 2 heterocycles. The number of nitrogens with one attached hydrogen (secondary N) is 2. The van der Waals surface area contributed by atoms with Gasteiger partial charge in [-0.1, -0.05) is 48.5 Å². The molecule has 43 heavy (non-hydrogen) atoms. The molecular weight excluding hydrogens is 559 g/mol. The van der Waals surface area contributed by atoms with Crippen LogP contribution in [0.1, 0.15) is 46.8 Å². The number of rotatable bonds is 11. The molecular formula is C32H34F3N5O3. The maximum atomic E-state index is 13.7. The van der Waals surface area contributed by atoms with E-state index in [1.165, 1.54) is 6.07 Å². The van der Waals surface area contributed by atoms with Crippen LogP contribution in [0.2, 0.25) is 0 Å². The van der Waals surface area contributed by atoms with E-state index in [-0.39, 0.29) is 19.0 Å². The first-order chi connectivity index (χ1) is 20.6. The number of aromatic nitrogens is 2. The fraction of sp³-hybridized carbons (Fsp3) is 0.344. The zero-order valence-corrected chi connectivity index (χ0v) is 23.8. The van der Waals surface area contributed by atoms with E-state index in [1.807, 2.05) is 37.3 Å². The lowest BCUT2D eigenvalue weighted by Crippen LogP contribution is -2.48. The van der Waals surface area contributed by atoms with E-state index in [0.717, 1.165) is 35.0 Å². The third kappa shape index (κ3) is 7.06. The van der Waals surface area contributed by atoms with Gasteiger partial charge in [0, 0.05) is 43.5 Å². The van der Waals surface area contributed by atoms with Crippen molar-refractivity contribution in [2.24, 2.45) is 0 Å². The van der Waals surface area contributed by atoms with Crippen LogP contribution in [0.5, 0.6) is 0 Å². The number of anilines is 1. The zero-order valence-electron chi connectivity index (χ0n) is 23.8. The van der Waals surface area contributed by atoms with Gasteiger partial charge in [0.1, 0.15) is 0 Å². The van der Waals surface area contributed by atoms with Crippen molar-refractivity contribution in [3.63, 3.8) is 0 Å². The Bertz CT molecular complexity index is 1590. The Labute approximate surface area is 247 Å². The molecule has 0 bridgehead atoms. The monoisotopic (exact) mass is 593 g/mol. The summed E-state index contributed by atoms with van der Waals surface area (Å²) in [5.74, 6) is -0.427. The Kier molecular flexibility index (Phi) is 9.12. The maximum absolute atomic E-state index is 13.7. The second-order valence-electron chi connectivity index (χ2n) is 10.7. The minimum absolute atomic E-state index is 0.00710. The fourth-order valence-corrected chi connectivity index (χ4v) is 5.43. The summed E-state index contributed by atoms with van der Waals surface area (Å²) in [6.07, 6.45) is -2.29. The first kappa shape index (κ1) is 30.2. The minimum atomic E-state index is -4.44. The van der Waals surface area contributed by atoms with Crippen molar-refractivity contribution in [1.29, 1.82) is 0 Å². The summed E-state index contributed by atoms with van der Waals surface area (Å²) in [6.45, 7) is 3.22. The van der Waals surface area contributed by atoms with Crippen molar-refractivity contribution < 1.29 is 27.9 Å². The molecule has 1 saturated heterocycles. The third-order valence-electron chi connectivity index (χ3n) is 7.68. The van der Waals surface area contributed by atoms with Gasteiger partial charge in [-0.2, -0.15) is 18.3 Å². The normalized spacial score (nSPS) is 15.2. The number of nitrogens with zero attached hydrogens (tertiary/aromatic N) is 3. The number of aliphatic hydroxyl groups excluding tert-OH is 1. The Balaban J connectivity index is 1.36. The lowest BCUT2D eigenvalue weighted by Gasteiger charge is -2.25. The molecule has 5 rings (SSSR count). The van der Waals surface area contributed by atoms with Gasteiger partial charge in [-0.15, -0.1) is 0 Å². The van der Waals surface area contributed by atoms with Crippen LogP contribution < -0.4 is 15.5 Å². The molecule has 0 saturated carbocycles. The molecule has 3 aromatic carbocycles. The molecule has 3 N–H and O–H groups in total. The zero-order chi connectivity index (χ0) is 30.6. The number of alkyl halides is 3. The average molecular weight is 594 g/mol. The molecule has 2 amide bonds. The SMILES string of the molecule is CCn1ncc2c(N3CCCC3=O)cc(C(=O)N[C@@H](Cc3ccccc3)[C@@H](O)CNCc3cccc(C(F)(F)F)c3)cc21. The molecule has 0 radical (unpaired) electrons. The van der Waals surface area contributed by atoms with Crippen LogP contribution in [0.25, 0.3) is 10.9 Å². The summed E-state index contributed by atoms with van der Waals surface area (Å²) in [5.41, 5.74) is 2.28. The molecule has 8 nitrogen and oxygen atoms in total. The first-order valence-electron chi connectivity index (χ1n) is 14.3. The van der Waals surface area contributed by atoms with E-state index in [4.69, 9.17) is 0 Å². The molecule has 0 aliphatic carbocycles. The van der Waals surface area contributed by atoms with Crippen molar-refractivity contribution >= 4 is 28.4 Å². The number of amides is 2. The van der Waals surface area contributed by atoms with E-state index in [1.54, 1.807) is 34.0 Å². The molecule has 11 heteroatoms. The topological polar surface area (TPSA) is 99.5 Å². The highest BCUT2D eigenvalue weighted by Gasteiger charge is 2.31. The first-order valence-corrected chi connectivity index (χ1v) is 14.3. The number of benzene rings is 3. The Hall–Kier alpha value is -4.22. The van der Waals surface area contributed by atoms with E-state index in [9.17, 15) is 27.9 Å². The molecule has 1 aliphatic rings. The highest BCUT2D eigenvalue weighted by molar-refractivity contribution is 6.08. The molecule has 1 aromatic heterocycles. The number of aliphatic hydroxyl groups is 1. The van der Waals surface area contributed by atoms with Crippen LogP contribution in [0, 0.1) is 0 Å². The van der Waals surface area contributed by atoms with E-state index in [2.05, 4.69) is 15.7 Å². The van der Waals surface area contributed by atoms with Gasteiger partial charge in [0.2, 0.25) is 5.91 Å². The van der Waals surface area contributed by atoms with Gasteiger partial charge in [-0.3, -0.25) is 14.3 Å². The van der Waals surface area contributed by atoms with Crippen molar-refractivity contribution in [2.75, 3.05) is 18.0 Å². The lowest BCUT2D eigenvalue weighted by molar-refractivity contribution is -0.137. The van der Waals surface area contributed by atoms with E-state index >= 15 is 0 Å². The number of hydrogen-bond acceptors (Lipinski definition) is 5. The van der Waals surface area contributed by atoms with E-state index < -0.39 is 29.8 Å². The number of fused-ring (bicyclic) bond motifs is 1. The molecule has 0 unspecified atom stereocenters.